The van der Waals surface area contributed by atoms with Crippen LogP contribution in [-0.4, -0.2) is 27.5 Å². The van der Waals surface area contributed by atoms with Crippen LogP contribution >= 0.6 is 31.9 Å². The van der Waals surface area contributed by atoms with Crippen molar-refractivity contribution in [3.63, 3.8) is 0 Å². The highest BCUT2D eigenvalue weighted by Gasteiger charge is 2.12. The van der Waals surface area contributed by atoms with Gasteiger partial charge in [0.25, 0.3) is 0 Å². The average Bonchev–Trinajstić information content (AvgIpc) is 2.21. The van der Waals surface area contributed by atoms with Crippen molar-refractivity contribution < 1.29 is 8.42 Å². The highest BCUT2D eigenvalue weighted by atomic mass is 79.9. The van der Waals surface area contributed by atoms with Crippen molar-refractivity contribution in [3.05, 3.63) is 32.7 Å². The number of halogens is 2. The summed E-state index contributed by atoms with van der Waals surface area (Å²) in [6.45, 7) is 0. The Hall–Kier alpha value is 0.0900. The fourth-order valence-electron chi connectivity index (χ4n) is 1.80. The topological polar surface area (TPSA) is 46.2 Å². The molecule has 0 aromatic heterocycles. The minimum Gasteiger partial charge on any atom is -0.313 e. The van der Waals surface area contributed by atoms with E-state index in [9.17, 15) is 8.42 Å². The van der Waals surface area contributed by atoms with Crippen LogP contribution in [0.4, 0.5) is 0 Å². The first-order chi connectivity index (χ1) is 8.31. The van der Waals surface area contributed by atoms with E-state index in [4.69, 9.17) is 0 Å². The molecule has 6 heteroatoms. The number of hydrogen-bond acceptors (Lipinski definition) is 3. The Morgan fingerprint density at radius 1 is 1.22 bits per heavy atom. The maximum atomic E-state index is 11.1. The van der Waals surface area contributed by atoms with E-state index in [0.717, 1.165) is 20.9 Å². The number of sulfone groups is 1. The quantitative estimate of drug-likeness (QED) is 0.799. The summed E-state index contributed by atoms with van der Waals surface area (Å²) in [7, 11) is -0.984. The van der Waals surface area contributed by atoms with Crippen molar-refractivity contribution in [1.82, 2.24) is 5.32 Å². The second-order valence-electron chi connectivity index (χ2n) is 4.32. The average molecular weight is 399 g/mol. The van der Waals surface area contributed by atoms with Gasteiger partial charge in [0, 0.05) is 27.0 Å². The van der Waals surface area contributed by atoms with Crippen LogP contribution in [0.3, 0.4) is 0 Å². The summed E-state index contributed by atoms with van der Waals surface area (Å²) in [4.78, 5) is 0. The van der Waals surface area contributed by atoms with Crippen LogP contribution in [-0.2, 0) is 9.84 Å². The minimum absolute atomic E-state index is 0.167. The Morgan fingerprint density at radius 2 is 1.78 bits per heavy atom. The SMILES string of the molecule is CNC(CCCS(C)(=O)=O)c1cc(Br)cc(Br)c1. The standard InChI is InChI=1S/C12H17Br2NO2S/c1-15-12(4-3-5-18(2,16)17)9-6-10(13)8-11(14)7-9/h6-8,12,15H,3-5H2,1-2H3. The zero-order valence-corrected chi connectivity index (χ0v) is 14.4. The molecule has 1 N–H and O–H groups in total. The summed E-state index contributed by atoms with van der Waals surface area (Å²) in [6.07, 6.45) is 2.73. The van der Waals surface area contributed by atoms with E-state index >= 15 is 0 Å². The van der Waals surface area contributed by atoms with Crippen LogP contribution in [0.25, 0.3) is 0 Å². The molecule has 18 heavy (non-hydrogen) atoms. The molecule has 0 fully saturated rings. The van der Waals surface area contributed by atoms with Crippen molar-refractivity contribution >= 4 is 41.7 Å². The van der Waals surface area contributed by atoms with Gasteiger partial charge in [-0.05, 0) is 43.7 Å². The molecule has 0 amide bonds. The Kier molecular flexibility index (Phi) is 6.30. The zero-order chi connectivity index (χ0) is 13.8. The minimum atomic E-state index is -2.87. The lowest BCUT2D eigenvalue weighted by molar-refractivity contribution is 0.536. The van der Waals surface area contributed by atoms with Crippen molar-refractivity contribution in [3.8, 4) is 0 Å². The first-order valence-electron chi connectivity index (χ1n) is 5.63. The predicted octanol–water partition coefficient (Wildman–Crippen LogP) is 3.30. The maximum Gasteiger partial charge on any atom is 0.147 e. The normalized spacial score (nSPS) is 13.6. The number of rotatable bonds is 6. The smallest absolute Gasteiger partial charge is 0.147 e. The lowest BCUT2D eigenvalue weighted by Crippen LogP contribution is -2.17. The van der Waals surface area contributed by atoms with Crippen LogP contribution in [0.5, 0.6) is 0 Å². The van der Waals surface area contributed by atoms with Gasteiger partial charge in [-0.25, -0.2) is 8.42 Å². The van der Waals surface area contributed by atoms with Gasteiger partial charge in [0.2, 0.25) is 0 Å². The molecular weight excluding hydrogens is 382 g/mol. The summed E-state index contributed by atoms with van der Waals surface area (Å²) >= 11 is 6.91. The summed E-state index contributed by atoms with van der Waals surface area (Å²) in [5.74, 6) is 0.236. The third-order valence-corrected chi connectivity index (χ3v) is 4.59. The Morgan fingerprint density at radius 3 is 2.22 bits per heavy atom. The summed E-state index contributed by atoms with van der Waals surface area (Å²) in [6, 6.07) is 6.24. The van der Waals surface area contributed by atoms with Crippen molar-refractivity contribution in [2.24, 2.45) is 0 Å². The lowest BCUT2D eigenvalue weighted by atomic mass is 10.0. The van der Waals surface area contributed by atoms with Crippen LogP contribution < -0.4 is 5.32 Å². The molecule has 1 aromatic rings. The second-order valence-corrected chi connectivity index (χ2v) is 8.41. The molecule has 1 unspecified atom stereocenters. The van der Waals surface area contributed by atoms with Crippen LogP contribution in [0, 0.1) is 0 Å². The summed E-state index contributed by atoms with van der Waals surface area (Å²) in [5.41, 5.74) is 1.15. The molecule has 0 aliphatic carbocycles. The third kappa shape index (κ3) is 5.82. The lowest BCUT2D eigenvalue weighted by Gasteiger charge is -2.17. The van der Waals surface area contributed by atoms with Crippen molar-refractivity contribution in [2.45, 2.75) is 18.9 Å². The summed E-state index contributed by atoms with van der Waals surface area (Å²) in [5, 5.41) is 3.22. The molecule has 1 atom stereocenters. The van der Waals surface area contributed by atoms with Gasteiger partial charge in [-0.1, -0.05) is 31.9 Å². The maximum absolute atomic E-state index is 11.1. The molecule has 0 radical (unpaired) electrons. The van der Waals surface area contributed by atoms with Gasteiger partial charge < -0.3 is 5.32 Å². The van der Waals surface area contributed by atoms with Gasteiger partial charge in [-0.3, -0.25) is 0 Å². The summed E-state index contributed by atoms with van der Waals surface area (Å²) < 4.78 is 24.2. The zero-order valence-electron chi connectivity index (χ0n) is 10.4. The molecule has 0 bridgehead atoms. The Bertz CT molecular complexity index is 483. The third-order valence-electron chi connectivity index (χ3n) is 2.64. The predicted molar refractivity (Wildman–Crippen MR) is 82.6 cm³/mol. The van der Waals surface area contributed by atoms with Crippen LogP contribution in [0.15, 0.2) is 27.1 Å². The molecule has 0 saturated heterocycles. The molecule has 0 spiro atoms. The van der Waals surface area contributed by atoms with Gasteiger partial charge in [0.15, 0.2) is 0 Å². The van der Waals surface area contributed by atoms with Crippen molar-refractivity contribution in [2.75, 3.05) is 19.1 Å². The van der Waals surface area contributed by atoms with Gasteiger partial charge in [0.1, 0.15) is 9.84 Å². The van der Waals surface area contributed by atoms with Gasteiger partial charge >= 0.3 is 0 Å². The molecule has 0 heterocycles. The first-order valence-corrected chi connectivity index (χ1v) is 9.27. The van der Waals surface area contributed by atoms with E-state index in [1.807, 2.05) is 25.2 Å². The number of benzene rings is 1. The first kappa shape index (κ1) is 16.1. The molecular formula is C12H17Br2NO2S. The van der Waals surface area contributed by atoms with E-state index in [0.29, 0.717) is 6.42 Å². The molecule has 102 valence electrons. The second kappa shape index (κ2) is 7.03. The number of hydrogen-bond donors (Lipinski definition) is 1. The van der Waals surface area contributed by atoms with E-state index in [1.54, 1.807) is 0 Å². The molecule has 1 rings (SSSR count). The fraction of sp³-hybridized carbons (Fsp3) is 0.500. The highest BCUT2D eigenvalue weighted by Crippen LogP contribution is 2.26. The van der Waals surface area contributed by atoms with E-state index in [2.05, 4.69) is 37.2 Å². The monoisotopic (exact) mass is 397 g/mol. The van der Waals surface area contributed by atoms with E-state index < -0.39 is 9.84 Å². The molecule has 0 saturated carbocycles. The molecule has 3 nitrogen and oxygen atoms in total. The fourth-order valence-corrected chi connectivity index (χ4v) is 3.82. The highest BCUT2D eigenvalue weighted by molar-refractivity contribution is 9.11. The van der Waals surface area contributed by atoms with Crippen molar-refractivity contribution in [1.29, 1.82) is 0 Å². The Labute approximate surface area is 126 Å². The van der Waals surface area contributed by atoms with Crippen LogP contribution in [0.2, 0.25) is 0 Å². The van der Waals surface area contributed by atoms with E-state index in [1.165, 1.54) is 6.26 Å². The van der Waals surface area contributed by atoms with E-state index in [-0.39, 0.29) is 11.8 Å². The largest absolute Gasteiger partial charge is 0.313 e. The molecule has 1 aromatic carbocycles. The van der Waals surface area contributed by atoms with Crippen LogP contribution in [0.1, 0.15) is 24.4 Å². The van der Waals surface area contributed by atoms with Gasteiger partial charge in [-0.2, -0.15) is 0 Å². The molecule has 0 aliphatic rings. The number of nitrogens with one attached hydrogen (secondary N) is 1. The van der Waals surface area contributed by atoms with Gasteiger partial charge in [0.05, 0.1) is 0 Å². The molecule has 0 aliphatic heterocycles. The Balaban J connectivity index is 2.71. The van der Waals surface area contributed by atoms with Gasteiger partial charge in [-0.15, -0.1) is 0 Å².